The summed E-state index contributed by atoms with van der Waals surface area (Å²) < 4.78 is 7.13. The molecule has 0 unspecified atom stereocenters. The Labute approximate surface area is 140 Å². The van der Waals surface area contributed by atoms with E-state index in [0.29, 0.717) is 22.6 Å². The van der Waals surface area contributed by atoms with Gasteiger partial charge >= 0.3 is 0 Å². The van der Waals surface area contributed by atoms with Gasteiger partial charge in [0.05, 0.1) is 23.5 Å². The van der Waals surface area contributed by atoms with Crippen LogP contribution in [0, 0.1) is 0 Å². The lowest BCUT2D eigenvalue weighted by Crippen LogP contribution is -2.15. The molecule has 8 heteroatoms. The molecular weight excluding hydrogens is 322 g/mol. The summed E-state index contributed by atoms with van der Waals surface area (Å²) in [5.74, 6) is -0.211. The molecule has 8 nitrogen and oxygen atoms in total. The van der Waals surface area contributed by atoms with E-state index in [1.165, 1.54) is 18.5 Å². The molecule has 122 valence electrons. The van der Waals surface area contributed by atoms with E-state index in [1.807, 2.05) is 0 Å². The van der Waals surface area contributed by atoms with Crippen LogP contribution >= 0.6 is 0 Å². The van der Waals surface area contributed by atoms with Gasteiger partial charge < -0.3 is 9.73 Å². The number of hydrogen-bond donors (Lipinski definition) is 1. The van der Waals surface area contributed by atoms with Crippen molar-refractivity contribution in [3.63, 3.8) is 0 Å². The van der Waals surface area contributed by atoms with Gasteiger partial charge in [-0.1, -0.05) is 12.1 Å². The highest BCUT2D eigenvalue weighted by Crippen LogP contribution is 2.13. The Morgan fingerprint density at radius 3 is 2.72 bits per heavy atom. The lowest BCUT2D eigenvalue weighted by molar-refractivity contribution is 0.0997. The zero-order valence-corrected chi connectivity index (χ0v) is 12.8. The molecule has 1 N–H and O–H groups in total. The van der Waals surface area contributed by atoms with Gasteiger partial charge in [-0.15, -0.1) is 0 Å². The lowest BCUT2D eigenvalue weighted by atomic mass is 10.2. The van der Waals surface area contributed by atoms with Gasteiger partial charge in [-0.3, -0.25) is 14.2 Å². The van der Waals surface area contributed by atoms with Crippen LogP contribution in [0.3, 0.4) is 0 Å². The average Bonchev–Trinajstić information content (AvgIpc) is 3.17. The van der Waals surface area contributed by atoms with Crippen LogP contribution in [-0.2, 0) is 0 Å². The highest BCUT2D eigenvalue weighted by Gasteiger charge is 2.13. The largest absolute Gasteiger partial charge is 0.451 e. The van der Waals surface area contributed by atoms with E-state index in [4.69, 9.17) is 4.42 Å². The maximum Gasteiger partial charge on any atom is 0.291 e. The summed E-state index contributed by atoms with van der Waals surface area (Å²) in [7, 11) is 0. The molecule has 0 fully saturated rings. The molecule has 0 saturated heterocycles. The number of nitrogens with one attached hydrogen (secondary N) is 1. The Bertz CT molecular complexity index is 1100. The molecule has 25 heavy (non-hydrogen) atoms. The highest BCUT2D eigenvalue weighted by atomic mass is 16.3. The van der Waals surface area contributed by atoms with Crippen LogP contribution in [-0.4, -0.2) is 25.4 Å². The van der Waals surface area contributed by atoms with E-state index in [0.717, 1.165) is 0 Å². The number of hydrogen-bond acceptors (Lipinski definition) is 6. The minimum Gasteiger partial charge on any atom is -0.451 e. The third-order valence-electron chi connectivity index (χ3n) is 3.49. The van der Waals surface area contributed by atoms with Crippen molar-refractivity contribution in [3.05, 3.63) is 77.4 Å². The van der Waals surface area contributed by atoms with Crippen LogP contribution in [0.2, 0.25) is 0 Å². The van der Waals surface area contributed by atoms with Crippen LogP contribution < -0.4 is 10.7 Å². The van der Waals surface area contributed by atoms with Crippen LogP contribution in [0.25, 0.3) is 16.9 Å². The number of rotatable bonds is 3. The minimum absolute atomic E-state index is 0.0811. The molecule has 3 aromatic heterocycles. The Morgan fingerprint density at radius 2 is 1.96 bits per heavy atom. The summed E-state index contributed by atoms with van der Waals surface area (Å²) in [6.07, 6.45) is 7.80. The summed E-state index contributed by atoms with van der Waals surface area (Å²) in [6.45, 7) is 0. The van der Waals surface area contributed by atoms with Gasteiger partial charge in [-0.2, -0.15) is 0 Å². The predicted octanol–water partition coefficient (Wildman–Crippen LogP) is 2.02. The molecule has 0 aliphatic rings. The summed E-state index contributed by atoms with van der Waals surface area (Å²) >= 11 is 0. The van der Waals surface area contributed by atoms with Crippen molar-refractivity contribution in [1.29, 1.82) is 0 Å². The van der Waals surface area contributed by atoms with Crippen molar-refractivity contribution in [3.8, 4) is 5.95 Å². The number of anilines is 1. The van der Waals surface area contributed by atoms with Gasteiger partial charge in [-0.05, 0) is 12.1 Å². The fraction of sp³-hybridized carbons (Fsp3) is 0. The average molecular weight is 333 g/mol. The summed E-state index contributed by atoms with van der Waals surface area (Å²) in [5, 5.41) is 3.02. The number of para-hydroxylation sites is 1. The van der Waals surface area contributed by atoms with Gasteiger partial charge in [0, 0.05) is 18.5 Å². The first-order chi connectivity index (χ1) is 12.2. The first kappa shape index (κ1) is 14.8. The molecule has 1 amide bonds. The van der Waals surface area contributed by atoms with E-state index < -0.39 is 5.91 Å². The van der Waals surface area contributed by atoms with Gasteiger partial charge in [-0.25, -0.2) is 15.0 Å². The van der Waals surface area contributed by atoms with Crippen LogP contribution in [0.5, 0.6) is 0 Å². The standard InChI is InChI=1S/C17H11N5O3/c23-13-7-15(25-14-4-2-1-3-12(13)14)16(24)21-11-8-19-17(20-9-11)22-6-5-18-10-22/h1-10H,(H,21,24). The normalized spacial score (nSPS) is 10.7. The molecule has 0 bridgehead atoms. The smallest absolute Gasteiger partial charge is 0.291 e. The van der Waals surface area contributed by atoms with Crippen molar-refractivity contribution >= 4 is 22.6 Å². The van der Waals surface area contributed by atoms with Crippen LogP contribution in [0.4, 0.5) is 5.69 Å². The number of carbonyl (C=O) groups is 1. The number of carbonyl (C=O) groups excluding carboxylic acids is 1. The van der Waals surface area contributed by atoms with E-state index in [1.54, 1.807) is 47.6 Å². The fourth-order valence-corrected chi connectivity index (χ4v) is 2.31. The zero-order chi connectivity index (χ0) is 17.2. The third kappa shape index (κ3) is 2.88. The molecule has 0 spiro atoms. The first-order valence-electron chi connectivity index (χ1n) is 7.35. The fourth-order valence-electron chi connectivity index (χ4n) is 2.31. The second-order valence-electron chi connectivity index (χ2n) is 5.17. The minimum atomic E-state index is -0.554. The van der Waals surface area contributed by atoms with E-state index in [9.17, 15) is 9.59 Å². The second kappa shape index (κ2) is 6.00. The molecule has 4 rings (SSSR count). The number of imidazole rings is 1. The third-order valence-corrected chi connectivity index (χ3v) is 3.49. The number of amides is 1. The summed E-state index contributed by atoms with van der Waals surface area (Å²) in [5.41, 5.74) is 0.454. The van der Waals surface area contributed by atoms with Crippen molar-refractivity contribution < 1.29 is 9.21 Å². The number of fused-ring (bicyclic) bond motifs is 1. The molecule has 0 radical (unpaired) electrons. The maximum atomic E-state index is 12.3. The zero-order valence-electron chi connectivity index (χ0n) is 12.8. The quantitative estimate of drug-likeness (QED) is 0.615. The molecule has 1 aromatic carbocycles. The van der Waals surface area contributed by atoms with Gasteiger partial charge in [0.25, 0.3) is 5.91 Å². The first-order valence-corrected chi connectivity index (χ1v) is 7.35. The summed E-state index contributed by atoms with van der Waals surface area (Å²) in [4.78, 5) is 36.6. The van der Waals surface area contributed by atoms with E-state index in [-0.39, 0.29) is 11.2 Å². The topological polar surface area (TPSA) is 103 Å². The molecule has 0 saturated carbocycles. The number of nitrogens with zero attached hydrogens (tertiary/aromatic N) is 4. The Morgan fingerprint density at radius 1 is 1.16 bits per heavy atom. The maximum absolute atomic E-state index is 12.3. The second-order valence-corrected chi connectivity index (χ2v) is 5.17. The van der Waals surface area contributed by atoms with Crippen molar-refractivity contribution in [2.24, 2.45) is 0 Å². The number of benzene rings is 1. The lowest BCUT2D eigenvalue weighted by Gasteiger charge is -2.06. The van der Waals surface area contributed by atoms with Crippen molar-refractivity contribution in [2.75, 3.05) is 5.32 Å². The molecule has 0 aliphatic carbocycles. The Hall–Kier alpha value is -3.81. The molecular formula is C17H11N5O3. The monoisotopic (exact) mass is 333 g/mol. The summed E-state index contributed by atoms with van der Waals surface area (Å²) in [6, 6.07) is 7.91. The van der Waals surface area contributed by atoms with Crippen molar-refractivity contribution in [2.45, 2.75) is 0 Å². The molecule has 0 aliphatic heterocycles. The molecule has 0 atom stereocenters. The Kier molecular flexibility index (Phi) is 3.55. The SMILES string of the molecule is O=C(Nc1cnc(-n2ccnc2)nc1)c1cc(=O)c2ccccc2o1. The van der Waals surface area contributed by atoms with Crippen LogP contribution in [0.15, 0.2) is 70.7 Å². The van der Waals surface area contributed by atoms with Gasteiger partial charge in [0.15, 0.2) is 11.2 Å². The predicted molar refractivity (Wildman–Crippen MR) is 89.6 cm³/mol. The highest BCUT2D eigenvalue weighted by molar-refractivity contribution is 6.02. The Balaban J connectivity index is 1.59. The van der Waals surface area contributed by atoms with Gasteiger partial charge in [0.2, 0.25) is 5.95 Å². The van der Waals surface area contributed by atoms with E-state index in [2.05, 4.69) is 20.3 Å². The molecule has 4 aromatic rings. The number of aromatic nitrogens is 4. The molecule has 3 heterocycles. The van der Waals surface area contributed by atoms with Gasteiger partial charge in [0.1, 0.15) is 11.9 Å². The van der Waals surface area contributed by atoms with Crippen LogP contribution in [0.1, 0.15) is 10.6 Å². The van der Waals surface area contributed by atoms with E-state index >= 15 is 0 Å². The van der Waals surface area contributed by atoms with Crippen molar-refractivity contribution in [1.82, 2.24) is 19.5 Å².